The van der Waals surface area contributed by atoms with E-state index in [1.807, 2.05) is 25.1 Å². The molecule has 1 heterocycles. The van der Waals surface area contributed by atoms with Crippen LogP contribution in [0.25, 0.3) is 0 Å². The van der Waals surface area contributed by atoms with Crippen molar-refractivity contribution in [3.05, 3.63) is 65.5 Å². The molecule has 0 spiro atoms. The number of nitrogens with zero attached hydrogens (tertiary/aromatic N) is 1. The van der Waals surface area contributed by atoms with Crippen LogP contribution in [0.2, 0.25) is 0 Å². The summed E-state index contributed by atoms with van der Waals surface area (Å²) in [5.41, 5.74) is 3.30. The summed E-state index contributed by atoms with van der Waals surface area (Å²) in [6.45, 7) is 3.54. The summed E-state index contributed by atoms with van der Waals surface area (Å²) in [5.74, 6) is 0.0709. The van der Waals surface area contributed by atoms with E-state index in [2.05, 4.69) is 29.2 Å². The Balaban J connectivity index is 1.64. The summed E-state index contributed by atoms with van der Waals surface area (Å²) < 4.78 is 0. The minimum atomic E-state index is -0.553. The molecule has 3 nitrogen and oxygen atoms in total. The van der Waals surface area contributed by atoms with Crippen molar-refractivity contribution in [1.82, 2.24) is 4.98 Å². The third-order valence-corrected chi connectivity index (χ3v) is 5.62. The van der Waals surface area contributed by atoms with Gasteiger partial charge in [0.25, 0.3) is 0 Å². The predicted octanol–water partition coefficient (Wildman–Crippen LogP) is 4.68. The van der Waals surface area contributed by atoms with Crippen LogP contribution in [0.5, 0.6) is 0 Å². The smallest absolute Gasteiger partial charge is 0.146 e. The van der Waals surface area contributed by atoms with Crippen molar-refractivity contribution in [3.8, 4) is 0 Å². The maximum Gasteiger partial charge on any atom is 0.146 e. The van der Waals surface area contributed by atoms with Crippen LogP contribution < -0.4 is 0 Å². The minimum Gasteiger partial charge on any atom is -0.299 e. The normalized spacial score (nSPS) is 21.2. The van der Waals surface area contributed by atoms with Crippen molar-refractivity contribution in [2.24, 2.45) is 11.8 Å². The van der Waals surface area contributed by atoms with Crippen LogP contribution in [-0.4, -0.2) is 16.6 Å². The van der Waals surface area contributed by atoms with Crippen LogP contribution >= 0.6 is 0 Å². The molecule has 2 aromatic rings. The van der Waals surface area contributed by atoms with E-state index < -0.39 is 5.92 Å². The van der Waals surface area contributed by atoms with Crippen LogP contribution in [0.1, 0.15) is 55.3 Å². The number of hydrogen-bond donors (Lipinski definition) is 0. The van der Waals surface area contributed by atoms with Crippen molar-refractivity contribution >= 4 is 11.6 Å². The molecule has 1 aromatic heterocycles. The number of rotatable bonds is 6. The number of carbonyl (C=O) groups is 2. The average molecular weight is 349 g/mol. The maximum atomic E-state index is 13.0. The molecule has 26 heavy (non-hydrogen) atoms. The molecule has 3 heteroatoms. The highest BCUT2D eigenvalue weighted by Crippen LogP contribution is 2.37. The first kappa shape index (κ1) is 18.5. The fraction of sp³-hybridized carbons (Fsp3) is 0.435. The van der Waals surface area contributed by atoms with Crippen LogP contribution in [0.3, 0.4) is 0 Å². The monoisotopic (exact) mass is 349 g/mol. The van der Waals surface area contributed by atoms with Gasteiger partial charge in [0.05, 0.1) is 5.92 Å². The van der Waals surface area contributed by atoms with Gasteiger partial charge in [-0.05, 0) is 68.7 Å². The van der Waals surface area contributed by atoms with Crippen molar-refractivity contribution < 1.29 is 9.59 Å². The van der Waals surface area contributed by atoms with E-state index in [-0.39, 0.29) is 17.5 Å². The van der Waals surface area contributed by atoms with Gasteiger partial charge in [0.1, 0.15) is 11.6 Å². The molecular weight excluding hydrogens is 322 g/mol. The Morgan fingerprint density at radius 3 is 2.38 bits per heavy atom. The van der Waals surface area contributed by atoms with Crippen LogP contribution in [0, 0.1) is 18.8 Å². The lowest BCUT2D eigenvalue weighted by Crippen LogP contribution is -2.32. The molecular formula is C23H27NO2. The topological polar surface area (TPSA) is 47.0 Å². The summed E-state index contributed by atoms with van der Waals surface area (Å²) in [6.07, 6.45) is 5.97. The number of hydrogen-bond acceptors (Lipinski definition) is 3. The zero-order valence-electron chi connectivity index (χ0n) is 15.7. The molecule has 1 aliphatic carbocycles. The molecule has 0 N–H and O–H groups in total. The molecule has 0 aliphatic heterocycles. The highest BCUT2D eigenvalue weighted by atomic mass is 16.1. The second-order valence-electron chi connectivity index (χ2n) is 7.55. The molecule has 1 saturated carbocycles. The lowest BCUT2D eigenvalue weighted by Gasteiger charge is -2.29. The number of Topliss-reactive ketones (excluding diaryl/α,β-unsaturated/α-hetero) is 2. The van der Waals surface area contributed by atoms with E-state index in [1.165, 1.54) is 12.5 Å². The van der Waals surface area contributed by atoms with Crippen molar-refractivity contribution in [2.45, 2.75) is 51.9 Å². The first-order chi connectivity index (χ1) is 12.5. The molecule has 1 aliphatic rings. The van der Waals surface area contributed by atoms with Gasteiger partial charge in [0.15, 0.2) is 0 Å². The van der Waals surface area contributed by atoms with Crippen molar-refractivity contribution in [3.63, 3.8) is 0 Å². The molecule has 0 bridgehead atoms. The Bertz CT molecular complexity index is 761. The Hall–Kier alpha value is -2.29. The Morgan fingerprint density at radius 2 is 1.77 bits per heavy atom. The van der Waals surface area contributed by atoms with Gasteiger partial charge in [-0.3, -0.25) is 14.6 Å². The standard InChI is InChI=1S/C23H27NO2/c1-16-12-13-24-21(14-16)15-22(17(2)25)23(26)20-10-8-19(9-11-20)18-6-4-3-5-7-18/h3-7,12-14,19-20,22H,8-11,15H2,1-2H3/t19-,20-,22?. The van der Waals surface area contributed by atoms with E-state index in [0.717, 1.165) is 36.9 Å². The largest absolute Gasteiger partial charge is 0.299 e. The molecule has 1 unspecified atom stereocenters. The van der Waals surface area contributed by atoms with Gasteiger partial charge < -0.3 is 0 Å². The predicted molar refractivity (Wildman–Crippen MR) is 103 cm³/mol. The maximum absolute atomic E-state index is 13.0. The number of aromatic nitrogens is 1. The van der Waals surface area contributed by atoms with Crippen LogP contribution in [-0.2, 0) is 16.0 Å². The summed E-state index contributed by atoms with van der Waals surface area (Å²) in [7, 11) is 0. The number of aryl methyl sites for hydroxylation is 1. The molecule has 0 saturated heterocycles. The van der Waals surface area contributed by atoms with Gasteiger partial charge in [0, 0.05) is 24.2 Å². The third-order valence-electron chi connectivity index (χ3n) is 5.62. The molecule has 1 aromatic carbocycles. The highest BCUT2D eigenvalue weighted by molar-refractivity contribution is 6.02. The first-order valence-corrected chi connectivity index (χ1v) is 9.55. The molecule has 0 amide bonds. The Morgan fingerprint density at radius 1 is 1.08 bits per heavy atom. The molecule has 136 valence electrons. The minimum absolute atomic E-state index is 0.00803. The number of ketones is 2. The highest BCUT2D eigenvalue weighted by Gasteiger charge is 2.33. The van der Waals surface area contributed by atoms with Gasteiger partial charge in [-0.15, -0.1) is 0 Å². The lowest BCUT2D eigenvalue weighted by atomic mass is 9.74. The van der Waals surface area contributed by atoms with Gasteiger partial charge in [-0.1, -0.05) is 30.3 Å². The van der Waals surface area contributed by atoms with Crippen molar-refractivity contribution in [1.29, 1.82) is 0 Å². The zero-order chi connectivity index (χ0) is 18.5. The van der Waals surface area contributed by atoms with Gasteiger partial charge >= 0.3 is 0 Å². The van der Waals surface area contributed by atoms with E-state index in [9.17, 15) is 9.59 Å². The Kier molecular flexibility index (Phi) is 5.97. The fourth-order valence-electron chi connectivity index (χ4n) is 4.09. The van der Waals surface area contributed by atoms with E-state index in [1.54, 1.807) is 6.20 Å². The lowest BCUT2D eigenvalue weighted by molar-refractivity contribution is -0.134. The molecule has 1 atom stereocenters. The van der Waals surface area contributed by atoms with Gasteiger partial charge in [-0.25, -0.2) is 0 Å². The van der Waals surface area contributed by atoms with Gasteiger partial charge in [0.2, 0.25) is 0 Å². The summed E-state index contributed by atoms with van der Waals surface area (Å²) in [4.78, 5) is 29.5. The summed E-state index contributed by atoms with van der Waals surface area (Å²) >= 11 is 0. The second-order valence-corrected chi connectivity index (χ2v) is 7.55. The van der Waals surface area contributed by atoms with Crippen LogP contribution in [0.15, 0.2) is 48.7 Å². The third kappa shape index (κ3) is 4.46. The van der Waals surface area contributed by atoms with Crippen molar-refractivity contribution in [2.75, 3.05) is 0 Å². The quantitative estimate of drug-likeness (QED) is 0.711. The Labute approximate surface area is 155 Å². The number of carbonyl (C=O) groups excluding carboxylic acids is 2. The van der Waals surface area contributed by atoms with Gasteiger partial charge in [-0.2, -0.15) is 0 Å². The first-order valence-electron chi connectivity index (χ1n) is 9.55. The molecule has 1 fully saturated rings. The number of benzene rings is 1. The fourth-order valence-corrected chi connectivity index (χ4v) is 4.09. The summed E-state index contributed by atoms with van der Waals surface area (Å²) in [5, 5.41) is 0. The molecule has 0 radical (unpaired) electrons. The summed E-state index contributed by atoms with van der Waals surface area (Å²) in [6, 6.07) is 14.4. The molecule has 3 rings (SSSR count). The second kappa shape index (κ2) is 8.39. The van der Waals surface area contributed by atoms with Crippen LogP contribution in [0.4, 0.5) is 0 Å². The number of pyridine rings is 1. The van der Waals surface area contributed by atoms with E-state index >= 15 is 0 Å². The van der Waals surface area contributed by atoms with E-state index in [4.69, 9.17) is 0 Å². The zero-order valence-corrected chi connectivity index (χ0v) is 15.7. The van der Waals surface area contributed by atoms with E-state index in [0.29, 0.717) is 12.3 Å². The average Bonchev–Trinajstić information content (AvgIpc) is 2.66. The SMILES string of the molecule is CC(=O)C(Cc1cc(C)ccn1)C(=O)[C@H]1CC[C@H](c2ccccc2)CC1.